The lowest BCUT2D eigenvalue weighted by molar-refractivity contribution is 0.0385. The average molecular weight is 331 g/mol. The lowest BCUT2D eigenvalue weighted by Gasteiger charge is -2.15. The van der Waals surface area contributed by atoms with E-state index in [-0.39, 0.29) is 11.1 Å². The molecule has 4 heteroatoms. The van der Waals surface area contributed by atoms with Crippen molar-refractivity contribution in [2.45, 2.75) is 19.4 Å². The van der Waals surface area contributed by atoms with Crippen LogP contribution in [0.15, 0.2) is 65.5 Å². The molecule has 2 aromatic carbocycles. The van der Waals surface area contributed by atoms with Gasteiger partial charge in [0.25, 0.3) is 0 Å². The van der Waals surface area contributed by atoms with Gasteiger partial charge in [-0.1, -0.05) is 55.5 Å². The van der Waals surface area contributed by atoms with Crippen LogP contribution in [0.2, 0.25) is 0 Å². The van der Waals surface area contributed by atoms with Crippen LogP contribution in [-0.4, -0.2) is 11.0 Å². The molecule has 124 valence electrons. The van der Waals surface area contributed by atoms with E-state index in [1.54, 1.807) is 6.07 Å². The van der Waals surface area contributed by atoms with E-state index in [1.807, 2.05) is 55.5 Å². The first-order chi connectivity index (χ1) is 12.2. The van der Waals surface area contributed by atoms with E-state index in [2.05, 4.69) is 4.98 Å². The smallest absolute Gasteiger partial charge is 0.339 e. The highest BCUT2D eigenvalue weighted by atomic mass is 16.5. The van der Waals surface area contributed by atoms with E-state index >= 15 is 0 Å². The molecule has 0 aliphatic heterocycles. The second-order valence-electron chi connectivity index (χ2n) is 6.07. The molecule has 25 heavy (non-hydrogen) atoms. The molecule has 0 atom stereocenters. The number of pyridine rings is 1. The van der Waals surface area contributed by atoms with Crippen LogP contribution >= 0.6 is 0 Å². The first kappa shape index (κ1) is 15.4. The molecule has 4 rings (SSSR count). The fourth-order valence-corrected chi connectivity index (χ4v) is 3.32. The zero-order valence-electron chi connectivity index (χ0n) is 13.8. The third-order valence-corrected chi connectivity index (χ3v) is 4.52. The third-order valence-electron chi connectivity index (χ3n) is 4.52. The van der Waals surface area contributed by atoms with Gasteiger partial charge in [-0.2, -0.15) is 0 Å². The standard InChI is InChI=1S/C21H17NO3/c1-2-14-11-13(12-19(23)22-14)21(24)25-20-17-9-5-3-7-15(17)16-8-4-6-10-18(16)20/h3-12,20H,2H2,1H3,(H,22,23). The number of carbonyl (C=O) groups excluding carboxylic acids is 1. The van der Waals surface area contributed by atoms with Crippen molar-refractivity contribution in [2.75, 3.05) is 0 Å². The monoisotopic (exact) mass is 331 g/mol. The molecule has 0 amide bonds. The quantitative estimate of drug-likeness (QED) is 0.741. The number of hydrogen-bond acceptors (Lipinski definition) is 3. The van der Waals surface area contributed by atoms with Gasteiger partial charge in [-0.05, 0) is 23.6 Å². The Kier molecular flexibility index (Phi) is 3.73. The van der Waals surface area contributed by atoms with Crippen molar-refractivity contribution in [2.24, 2.45) is 0 Å². The SMILES string of the molecule is CCc1cc(C(=O)OC2c3ccccc3-c3ccccc32)cc(=O)[nH]1. The second-order valence-corrected chi connectivity index (χ2v) is 6.07. The Balaban J connectivity index is 1.73. The van der Waals surface area contributed by atoms with Crippen molar-refractivity contribution in [1.29, 1.82) is 0 Å². The normalized spacial score (nSPS) is 12.5. The number of rotatable bonds is 3. The molecule has 0 radical (unpaired) electrons. The number of esters is 1. The molecule has 0 unspecified atom stereocenters. The predicted molar refractivity (Wildman–Crippen MR) is 95.6 cm³/mol. The summed E-state index contributed by atoms with van der Waals surface area (Å²) in [4.78, 5) is 27.1. The molecule has 0 bridgehead atoms. The highest BCUT2D eigenvalue weighted by molar-refractivity contribution is 5.90. The Morgan fingerprint density at radius 2 is 1.60 bits per heavy atom. The van der Waals surface area contributed by atoms with E-state index in [4.69, 9.17) is 4.74 Å². The van der Waals surface area contributed by atoms with Crippen LogP contribution in [0, 0.1) is 0 Å². The number of hydrogen-bond donors (Lipinski definition) is 1. The zero-order chi connectivity index (χ0) is 17.4. The Hall–Kier alpha value is -3.14. The van der Waals surface area contributed by atoms with E-state index in [9.17, 15) is 9.59 Å². The average Bonchev–Trinajstić information content (AvgIpc) is 2.95. The van der Waals surface area contributed by atoms with Crippen LogP contribution in [0.4, 0.5) is 0 Å². The van der Waals surface area contributed by atoms with Gasteiger partial charge < -0.3 is 9.72 Å². The molecule has 1 N–H and O–H groups in total. The van der Waals surface area contributed by atoms with Gasteiger partial charge in [0.2, 0.25) is 5.56 Å². The van der Waals surface area contributed by atoms with Gasteiger partial charge in [-0.15, -0.1) is 0 Å². The maximum atomic E-state index is 12.7. The van der Waals surface area contributed by atoms with Crippen molar-refractivity contribution in [1.82, 2.24) is 4.98 Å². The molecule has 1 aromatic heterocycles. The molecule has 1 heterocycles. The van der Waals surface area contributed by atoms with Crippen LogP contribution in [0.1, 0.15) is 40.2 Å². The number of carbonyl (C=O) groups is 1. The van der Waals surface area contributed by atoms with E-state index in [1.165, 1.54) is 6.07 Å². The summed E-state index contributed by atoms with van der Waals surface area (Å²) in [6.07, 6.45) is 0.190. The number of nitrogens with one attached hydrogen (secondary N) is 1. The highest BCUT2D eigenvalue weighted by Gasteiger charge is 2.31. The van der Waals surface area contributed by atoms with Crippen molar-refractivity contribution in [3.8, 4) is 11.1 Å². The topological polar surface area (TPSA) is 59.2 Å². The Morgan fingerprint density at radius 1 is 1.00 bits per heavy atom. The van der Waals surface area contributed by atoms with Gasteiger partial charge in [0.05, 0.1) is 5.56 Å². The van der Waals surface area contributed by atoms with Crippen molar-refractivity contribution >= 4 is 5.97 Å². The van der Waals surface area contributed by atoms with Gasteiger partial charge in [0.1, 0.15) is 0 Å². The third kappa shape index (κ3) is 2.66. The fraction of sp³-hybridized carbons (Fsp3) is 0.143. The molecule has 1 aliphatic rings. The Bertz CT molecular complexity index is 974. The molecule has 0 spiro atoms. The highest BCUT2D eigenvalue weighted by Crippen LogP contribution is 2.45. The minimum absolute atomic E-state index is 0.280. The predicted octanol–water partition coefficient (Wildman–Crippen LogP) is 3.86. The lowest BCUT2D eigenvalue weighted by Crippen LogP contribution is -2.16. The Morgan fingerprint density at radius 3 is 2.20 bits per heavy atom. The molecular formula is C21H17NO3. The largest absolute Gasteiger partial charge is 0.449 e. The van der Waals surface area contributed by atoms with Gasteiger partial charge in [0, 0.05) is 22.9 Å². The number of fused-ring (bicyclic) bond motifs is 3. The summed E-state index contributed by atoms with van der Waals surface area (Å²) in [5.41, 5.74) is 4.80. The van der Waals surface area contributed by atoms with Crippen LogP contribution < -0.4 is 5.56 Å². The van der Waals surface area contributed by atoms with Gasteiger partial charge in [-0.25, -0.2) is 4.79 Å². The minimum Gasteiger partial charge on any atom is -0.449 e. The molecule has 0 saturated heterocycles. The summed E-state index contributed by atoms with van der Waals surface area (Å²) in [6, 6.07) is 18.8. The summed E-state index contributed by atoms with van der Waals surface area (Å²) >= 11 is 0. The summed E-state index contributed by atoms with van der Waals surface area (Å²) < 4.78 is 5.81. The number of aromatic amines is 1. The van der Waals surface area contributed by atoms with Gasteiger partial charge in [0.15, 0.2) is 6.10 Å². The molecule has 1 aliphatic carbocycles. The number of benzene rings is 2. The zero-order valence-corrected chi connectivity index (χ0v) is 13.8. The molecule has 0 fully saturated rings. The summed E-state index contributed by atoms with van der Waals surface area (Å²) in [5, 5.41) is 0. The van der Waals surface area contributed by atoms with Crippen LogP contribution in [0.3, 0.4) is 0 Å². The molecule has 3 aromatic rings. The number of aromatic nitrogens is 1. The maximum Gasteiger partial charge on any atom is 0.339 e. The minimum atomic E-state index is -0.489. The van der Waals surface area contributed by atoms with Gasteiger partial charge in [-0.3, -0.25) is 4.79 Å². The molecular weight excluding hydrogens is 314 g/mol. The second kappa shape index (κ2) is 6.06. The number of aryl methyl sites for hydroxylation is 1. The Labute approximate surface area is 145 Å². The van der Waals surface area contributed by atoms with Crippen LogP contribution in [-0.2, 0) is 11.2 Å². The van der Waals surface area contributed by atoms with Gasteiger partial charge >= 0.3 is 5.97 Å². The van der Waals surface area contributed by atoms with E-state index in [0.29, 0.717) is 12.1 Å². The number of H-pyrrole nitrogens is 1. The van der Waals surface area contributed by atoms with Crippen LogP contribution in [0.25, 0.3) is 11.1 Å². The molecule has 0 saturated carbocycles. The summed E-state index contributed by atoms with van der Waals surface area (Å²) in [5.74, 6) is -0.489. The maximum absolute atomic E-state index is 12.7. The van der Waals surface area contributed by atoms with Crippen LogP contribution in [0.5, 0.6) is 0 Å². The lowest BCUT2D eigenvalue weighted by atomic mass is 10.1. The van der Waals surface area contributed by atoms with Crippen molar-refractivity contribution in [3.63, 3.8) is 0 Å². The summed E-state index contributed by atoms with van der Waals surface area (Å²) in [6.45, 7) is 1.92. The van der Waals surface area contributed by atoms with E-state index < -0.39 is 12.1 Å². The first-order valence-electron chi connectivity index (χ1n) is 8.30. The molecule has 4 nitrogen and oxygen atoms in total. The van der Waals surface area contributed by atoms with Crippen molar-refractivity contribution < 1.29 is 9.53 Å². The number of ether oxygens (including phenoxy) is 1. The summed E-state index contributed by atoms with van der Waals surface area (Å²) in [7, 11) is 0. The first-order valence-corrected chi connectivity index (χ1v) is 8.30. The van der Waals surface area contributed by atoms with Crippen molar-refractivity contribution in [3.05, 3.63) is 93.4 Å². The van der Waals surface area contributed by atoms with E-state index in [0.717, 1.165) is 22.3 Å². The fourth-order valence-electron chi connectivity index (χ4n) is 3.32.